The van der Waals surface area contributed by atoms with Crippen molar-refractivity contribution in [2.45, 2.75) is 18.2 Å². The van der Waals surface area contributed by atoms with Crippen LogP contribution >= 0.6 is 11.3 Å². The van der Waals surface area contributed by atoms with Crippen molar-refractivity contribution in [3.63, 3.8) is 0 Å². The molecular formula is C14H15NO3S2. The van der Waals surface area contributed by atoms with Crippen LogP contribution in [0.3, 0.4) is 0 Å². The number of hydrogen-bond acceptors (Lipinski definition) is 4. The van der Waals surface area contributed by atoms with E-state index in [1.807, 2.05) is 16.8 Å². The van der Waals surface area contributed by atoms with Crippen molar-refractivity contribution < 1.29 is 13.2 Å². The molecule has 0 aliphatic heterocycles. The summed E-state index contributed by atoms with van der Waals surface area (Å²) in [4.78, 5) is 12.1. The second-order valence-corrected chi connectivity index (χ2v) is 7.34. The Morgan fingerprint density at radius 2 is 1.90 bits per heavy atom. The van der Waals surface area contributed by atoms with Crippen molar-refractivity contribution in [1.82, 2.24) is 0 Å². The molecule has 1 aromatic carbocycles. The summed E-state index contributed by atoms with van der Waals surface area (Å²) >= 11 is 1.55. The monoisotopic (exact) mass is 309 g/mol. The van der Waals surface area contributed by atoms with Crippen molar-refractivity contribution in [3.05, 3.63) is 46.7 Å². The molecule has 1 aromatic heterocycles. The van der Waals surface area contributed by atoms with E-state index in [9.17, 15) is 13.2 Å². The van der Waals surface area contributed by atoms with Gasteiger partial charge in [-0.25, -0.2) is 8.42 Å². The zero-order valence-electron chi connectivity index (χ0n) is 11.0. The Bertz CT molecular complexity index is 674. The molecule has 106 valence electrons. The molecule has 0 spiro atoms. The van der Waals surface area contributed by atoms with E-state index >= 15 is 0 Å². The summed E-state index contributed by atoms with van der Waals surface area (Å²) in [5.41, 5.74) is 1.57. The molecule has 2 rings (SSSR count). The predicted octanol–water partition coefficient (Wildman–Crippen LogP) is 2.72. The van der Waals surface area contributed by atoms with Gasteiger partial charge >= 0.3 is 0 Å². The molecule has 0 radical (unpaired) electrons. The molecule has 1 amide bonds. The molecule has 0 aliphatic carbocycles. The van der Waals surface area contributed by atoms with Crippen molar-refractivity contribution >= 4 is 32.8 Å². The Morgan fingerprint density at radius 3 is 2.45 bits per heavy atom. The summed E-state index contributed by atoms with van der Waals surface area (Å²) in [6.07, 6.45) is 0.318. The summed E-state index contributed by atoms with van der Waals surface area (Å²) in [5.74, 6) is -0.0499. The number of thiophene rings is 1. The molecule has 20 heavy (non-hydrogen) atoms. The SMILES string of the molecule is CCS(=O)(=O)c1ccc(NC(=O)Cc2ccsc2)cc1. The zero-order valence-corrected chi connectivity index (χ0v) is 12.6. The maximum atomic E-state index is 11.8. The lowest BCUT2D eigenvalue weighted by Gasteiger charge is -2.06. The number of rotatable bonds is 5. The predicted molar refractivity (Wildman–Crippen MR) is 80.8 cm³/mol. The van der Waals surface area contributed by atoms with Crippen molar-refractivity contribution in [2.75, 3.05) is 11.1 Å². The normalized spacial score (nSPS) is 11.2. The Morgan fingerprint density at radius 1 is 1.20 bits per heavy atom. The molecule has 0 fully saturated rings. The van der Waals surface area contributed by atoms with E-state index in [2.05, 4.69) is 5.32 Å². The Labute approximate surface area is 122 Å². The largest absolute Gasteiger partial charge is 0.326 e. The third-order valence-corrected chi connectivity index (χ3v) is 5.30. The molecule has 1 heterocycles. The number of carbonyl (C=O) groups is 1. The van der Waals surface area contributed by atoms with Gasteiger partial charge in [0.15, 0.2) is 9.84 Å². The first kappa shape index (κ1) is 14.7. The first-order valence-corrected chi connectivity index (χ1v) is 8.74. The van der Waals surface area contributed by atoms with Gasteiger partial charge in [-0.05, 0) is 46.7 Å². The van der Waals surface area contributed by atoms with E-state index in [1.165, 1.54) is 12.1 Å². The Kier molecular flexibility index (Phi) is 4.57. The fourth-order valence-electron chi connectivity index (χ4n) is 1.70. The first-order chi connectivity index (χ1) is 9.51. The number of sulfone groups is 1. The van der Waals surface area contributed by atoms with Gasteiger partial charge in [-0.1, -0.05) is 6.92 Å². The molecule has 0 unspecified atom stereocenters. The second kappa shape index (κ2) is 6.19. The van der Waals surface area contributed by atoms with E-state index in [0.717, 1.165) is 5.56 Å². The maximum absolute atomic E-state index is 11.8. The van der Waals surface area contributed by atoms with Crippen molar-refractivity contribution in [2.24, 2.45) is 0 Å². The van der Waals surface area contributed by atoms with Crippen LogP contribution in [-0.2, 0) is 21.1 Å². The second-order valence-electron chi connectivity index (χ2n) is 4.28. The fraction of sp³-hybridized carbons (Fsp3) is 0.214. The highest BCUT2D eigenvalue weighted by molar-refractivity contribution is 7.91. The summed E-state index contributed by atoms with van der Waals surface area (Å²) < 4.78 is 23.3. The van der Waals surface area contributed by atoms with Gasteiger partial charge < -0.3 is 5.32 Å². The van der Waals surface area contributed by atoms with Gasteiger partial charge in [-0.2, -0.15) is 11.3 Å². The fourth-order valence-corrected chi connectivity index (χ4v) is 3.25. The Balaban J connectivity index is 2.02. The van der Waals surface area contributed by atoms with Crippen LogP contribution in [0.15, 0.2) is 46.0 Å². The van der Waals surface area contributed by atoms with E-state index in [1.54, 1.807) is 30.4 Å². The van der Waals surface area contributed by atoms with Gasteiger partial charge in [-0.15, -0.1) is 0 Å². The van der Waals surface area contributed by atoms with Gasteiger partial charge in [-0.3, -0.25) is 4.79 Å². The number of benzene rings is 1. The molecule has 6 heteroatoms. The zero-order chi connectivity index (χ0) is 14.6. The average Bonchev–Trinajstić information content (AvgIpc) is 2.92. The van der Waals surface area contributed by atoms with Gasteiger partial charge in [0.2, 0.25) is 5.91 Å². The highest BCUT2D eigenvalue weighted by atomic mass is 32.2. The summed E-state index contributed by atoms with van der Waals surface area (Å²) in [7, 11) is -3.20. The highest BCUT2D eigenvalue weighted by Crippen LogP contribution is 2.16. The lowest BCUT2D eigenvalue weighted by molar-refractivity contribution is -0.115. The topological polar surface area (TPSA) is 63.2 Å². The van der Waals surface area contributed by atoms with Crippen LogP contribution in [0.2, 0.25) is 0 Å². The van der Waals surface area contributed by atoms with Gasteiger partial charge in [0.25, 0.3) is 0 Å². The van der Waals surface area contributed by atoms with Crippen LogP contribution in [0.4, 0.5) is 5.69 Å². The van der Waals surface area contributed by atoms with Gasteiger partial charge in [0.1, 0.15) is 0 Å². The van der Waals surface area contributed by atoms with Crippen LogP contribution in [0.5, 0.6) is 0 Å². The number of anilines is 1. The highest BCUT2D eigenvalue weighted by Gasteiger charge is 2.11. The number of amides is 1. The summed E-state index contributed by atoms with van der Waals surface area (Å²) in [6.45, 7) is 1.60. The van der Waals surface area contributed by atoms with E-state index in [-0.39, 0.29) is 16.6 Å². The number of carbonyl (C=O) groups excluding carboxylic acids is 1. The quantitative estimate of drug-likeness (QED) is 0.923. The van der Waals surface area contributed by atoms with Gasteiger partial charge in [0, 0.05) is 5.69 Å². The van der Waals surface area contributed by atoms with Crippen molar-refractivity contribution in [1.29, 1.82) is 0 Å². The minimum absolute atomic E-state index is 0.0663. The minimum Gasteiger partial charge on any atom is -0.326 e. The molecule has 0 atom stereocenters. The Hall–Kier alpha value is -1.66. The smallest absolute Gasteiger partial charge is 0.228 e. The van der Waals surface area contributed by atoms with E-state index in [0.29, 0.717) is 12.1 Å². The summed E-state index contributed by atoms with van der Waals surface area (Å²) in [5, 5.41) is 6.60. The molecule has 4 nitrogen and oxygen atoms in total. The number of nitrogens with one attached hydrogen (secondary N) is 1. The van der Waals surface area contributed by atoms with Crippen LogP contribution in [0.1, 0.15) is 12.5 Å². The van der Waals surface area contributed by atoms with E-state index < -0.39 is 9.84 Å². The lowest BCUT2D eigenvalue weighted by atomic mass is 10.2. The standard InChI is InChI=1S/C14H15NO3S2/c1-2-20(17,18)13-5-3-12(4-6-13)15-14(16)9-11-7-8-19-10-11/h3-8,10H,2,9H2,1H3,(H,15,16). The molecule has 0 saturated heterocycles. The number of hydrogen-bond donors (Lipinski definition) is 1. The third kappa shape index (κ3) is 3.68. The van der Waals surface area contributed by atoms with Crippen molar-refractivity contribution in [3.8, 4) is 0 Å². The first-order valence-electron chi connectivity index (χ1n) is 6.15. The average molecular weight is 309 g/mol. The lowest BCUT2D eigenvalue weighted by Crippen LogP contribution is -2.14. The molecule has 0 saturated carbocycles. The van der Waals surface area contributed by atoms with E-state index in [4.69, 9.17) is 0 Å². The van der Waals surface area contributed by atoms with Crippen LogP contribution in [-0.4, -0.2) is 20.1 Å². The molecule has 0 bridgehead atoms. The minimum atomic E-state index is -3.20. The molecular weight excluding hydrogens is 294 g/mol. The molecule has 2 aromatic rings. The van der Waals surface area contributed by atoms with Gasteiger partial charge in [0.05, 0.1) is 17.1 Å². The summed E-state index contributed by atoms with van der Waals surface area (Å²) in [6, 6.07) is 8.14. The molecule has 1 N–H and O–H groups in total. The van der Waals surface area contributed by atoms with Crippen LogP contribution < -0.4 is 5.32 Å². The third-order valence-electron chi connectivity index (χ3n) is 2.82. The van der Waals surface area contributed by atoms with Crippen LogP contribution in [0.25, 0.3) is 0 Å². The van der Waals surface area contributed by atoms with Crippen LogP contribution in [0, 0.1) is 0 Å². The molecule has 0 aliphatic rings. The maximum Gasteiger partial charge on any atom is 0.228 e.